The Balaban J connectivity index is 1.02. The van der Waals surface area contributed by atoms with Crippen LogP contribution in [0.25, 0.3) is 0 Å². The summed E-state index contributed by atoms with van der Waals surface area (Å²) >= 11 is 0. The number of rotatable bonds is 12. The van der Waals surface area contributed by atoms with Gasteiger partial charge in [-0.15, -0.1) is 0 Å². The molecule has 40 heavy (non-hydrogen) atoms. The van der Waals surface area contributed by atoms with Crippen LogP contribution in [0, 0.1) is 0 Å². The van der Waals surface area contributed by atoms with Crippen molar-refractivity contribution >= 4 is 5.97 Å². The van der Waals surface area contributed by atoms with Crippen molar-refractivity contribution in [3.8, 4) is 17.2 Å². The highest BCUT2D eigenvalue weighted by Gasteiger charge is 2.17. The monoisotopic (exact) mass is 542 g/mol. The largest absolute Gasteiger partial charge is 0.490 e. The molecule has 212 valence electrons. The van der Waals surface area contributed by atoms with Crippen LogP contribution in [0.3, 0.4) is 0 Å². The summed E-state index contributed by atoms with van der Waals surface area (Å²) in [6.07, 6.45) is 13.2. The van der Waals surface area contributed by atoms with Crippen molar-refractivity contribution in [1.82, 2.24) is 0 Å². The highest BCUT2D eigenvalue weighted by atomic mass is 16.6. The number of benzene rings is 3. The highest BCUT2D eigenvalue weighted by molar-refractivity contribution is 5.92. The molecule has 0 radical (unpaired) electrons. The molecular formula is C35H42O5. The molecule has 3 aromatic rings. The third-order valence-corrected chi connectivity index (χ3v) is 8.22. The van der Waals surface area contributed by atoms with E-state index in [0.29, 0.717) is 43.0 Å². The molecule has 0 amide bonds. The van der Waals surface area contributed by atoms with Gasteiger partial charge in [0.25, 0.3) is 0 Å². The molecule has 2 aliphatic carbocycles. The van der Waals surface area contributed by atoms with Crippen LogP contribution >= 0.6 is 0 Å². The Hall–Kier alpha value is -3.47. The smallest absolute Gasteiger partial charge is 0.342 e. The van der Waals surface area contributed by atoms with Crippen LogP contribution in [-0.4, -0.2) is 32.4 Å². The first kappa shape index (κ1) is 28.1. The minimum absolute atomic E-state index is 0.164. The van der Waals surface area contributed by atoms with Gasteiger partial charge in [-0.05, 0) is 85.0 Å². The molecule has 0 saturated heterocycles. The fourth-order valence-corrected chi connectivity index (χ4v) is 5.99. The molecule has 5 nitrogen and oxygen atoms in total. The quantitative estimate of drug-likeness (QED) is 0.170. The summed E-state index contributed by atoms with van der Waals surface area (Å²) in [6.45, 7) is 1.18. The number of para-hydroxylation sites is 1. The molecule has 0 aromatic heterocycles. The maximum Gasteiger partial charge on any atom is 0.342 e. The van der Waals surface area contributed by atoms with Crippen molar-refractivity contribution in [2.75, 3.05) is 26.4 Å². The minimum Gasteiger partial charge on any atom is -0.490 e. The number of hydrogen-bond acceptors (Lipinski definition) is 5. The highest BCUT2D eigenvalue weighted by Crippen LogP contribution is 2.34. The standard InChI is InChI=1S/C35H42O5/c36-35(40-26-24-38-32-21-17-30(18-22-32)28-11-5-2-6-12-28)33-13-7-8-14-34(33)39-25-23-37-31-19-15-29(16-20-31)27-9-3-1-4-10-27/h7-8,13-22,27-28H,1-6,9-12,23-26H2. The summed E-state index contributed by atoms with van der Waals surface area (Å²) in [6, 6.07) is 24.0. The van der Waals surface area contributed by atoms with Crippen LogP contribution in [0.5, 0.6) is 17.2 Å². The zero-order chi connectivity index (χ0) is 27.4. The lowest BCUT2D eigenvalue weighted by Crippen LogP contribution is -2.15. The summed E-state index contributed by atoms with van der Waals surface area (Å²) in [5, 5.41) is 0. The zero-order valence-corrected chi connectivity index (χ0v) is 23.5. The summed E-state index contributed by atoms with van der Waals surface area (Å²) in [5.41, 5.74) is 3.21. The first-order valence-electron chi connectivity index (χ1n) is 15.1. The fraction of sp³-hybridized carbons (Fsp3) is 0.457. The second-order valence-corrected chi connectivity index (χ2v) is 11.0. The molecule has 0 aliphatic heterocycles. The van der Waals surface area contributed by atoms with E-state index < -0.39 is 5.97 Å². The summed E-state index contributed by atoms with van der Waals surface area (Å²) in [7, 11) is 0. The Morgan fingerprint density at radius 2 is 1.02 bits per heavy atom. The predicted octanol–water partition coefficient (Wildman–Crippen LogP) is 8.48. The topological polar surface area (TPSA) is 54.0 Å². The van der Waals surface area contributed by atoms with E-state index in [1.807, 2.05) is 30.3 Å². The van der Waals surface area contributed by atoms with Crippen LogP contribution < -0.4 is 14.2 Å². The lowest BCUT2D eigenvalue weighted by molar-refractivity contribution is 0.0445. The van der Waals surface area contributed by atoms with Crippen molar-refractivity contribution in [2.45, 2.75) is 76.0 Å². The van der Waals surface area contributed by atoms with Gasteiger partial charge in [0, 0.05) is 0 Å². The Bertz CT molecular complexity index is 1180. The van der Waals surface area contributed by atoms with Gasteiger partial charge in [0.2, 0.25) is 0 Å². The number of esters is 1. The SMILES string of the molecule is O=C(OCCOc1ccc(C2CCCCC2)cc1)c1ccccc1OCCOc1ccc(C2CCCCC2)cc1. The van der Waals surface area contributed by atoms with Gasteiger partial charge >= 0.3 is 5.97 Å². The van der Waals surface area contributed by atoms with E-state index in [-0.39, 0.29) is 6.61 Å². The number of hydrogen-bond donors (Lipinski definition) is 0. The summed E-state index contributed by atoms with van der Waals surface area (Å²) < 4.78 is 23.0. The molecule has 2 saturated carbocycles. The van der Waals surface area contributed by atoms with Crippen molar-refractivity contribution < 1.29 is 23.7 Å². The van der Waals surface area contributed by atoms with Gasteiger partial charge in [-0.1, -0.05) is 74.9 Å². The van der Waals surface area contributed by atoms with Crippen LogP contribution in [0.4, 0.5) is 0 Å². The molecule has 0 spiro atoms. The van der Waals surface area contributed by atoms with Crippen LogP contribution in [0.1, 0.15) is 97.5 Å². The number of ether oxygens (including phenoxy) is 4. The lowest BCUT2D eigenvalue weighted by atomic mass is 9.84. The molecule has 0 heterocycles. The third kappa shape index (κ3) is 8.03. The Kier molecular flexibility index (Phi) is 10.4. The first-order chi connectivity index (χ1) is 19.8. The maximum atomic E-state index is 12.7. The van der Waals surface area contributed by atoms with Crippen LogP contribution in [-0.2, 0) is 4.74 Å². The molecule has 0 N–H and O–H groups in total. The molecule has 5 rings (SSSR count). The molecule has 2 aliphatic rings. The Morgan fingerprint density at radius 1 is 0.550 bits per heavy atom. The second-order valence-electron chi connectivity index (χ2n) is 11.0. The molecule has 0 atom stereocenters. The van der Waals surface area contributed by atoms with Gasteiger partial charge in [0.1, 0.15) is 49.2 Å². The first-order valence-corrected chi connectivity index (χ1v) is 15.1. The third-order valence-electron chi connectivity index (χ3n) is 8.22. The Labute approximate surface area is 238 Å². The van der Waals surface area contributed by atoms with E-state index >= 15 is 0 Å². The summed E-state index contributed by atoms with van der Waals surface area (Å²) in [4.78, 5) is 12.7. The van der Waals surface area contributed by atoms with Crippen molar-refractivity contribution in [1.29, 1.82) is 0 Å². The molecule has 3 aromatic carbocycles. The van der Waals surface area contributed by atoms with E-state index in [2.05, 4.69) is 24.3 Å². The summed E-state index contributed by atoms with van der Waals surface area (Å²) in [5.74, 6) is 3.05. The van der Waals surface area contributed by atoms with E-state index in [1.165, 1.54) is 75.3 Å². The van der Waals surface area contributed by atoms with Gasteiger partial charge < -0.3 is 18.9 Å². The maximum absolute atomic E-state index is 12.7. The lowest BCUT2D eigenvalue weighted by Gasteiger charge is -2.22. The van der Waals surface area contributed by atoms with Gasteiger partial charge in [0.05, 0.1) is 0 Å². The number of carbonyl (C=O) groups is 1. The van der Waals surface area contributed by atoms with E-state index in [1.54, 1.807) is 18.2 Å². The predicted molar refractivity (Wildman–Crippen MR) is 158 cm³/mol. The van der Waals surface area contributed by atoms with Crippen molar-refractivity contribution in [3.63, 3.8) is 0 Å². The van der Waals surface area contributed by atoms with Gasteiger partial charge in [-0.3, -0.25) is 0 Å². The molecule has 0 unspecified atom stereocenters. The molecular weight excluding hydrogens is 500 g/mol. The van der Waals surface area contributed by atoms with Crippen molar-refractivity contribution in [3.05, 3.63) is 89.5 Å². The second kappa shape index (κ2) is 14.8. The zero-order valence-electron chi connectivity index (χ0n) is 23.5. The molecule has 0 bridgehead atoms. The average Bonchev–Trinajstić information content (AvgIpc) is 3.03. The van der Waals surface area contributed by atoms with E-state index in [9.17, 15) is 4.79 Å². The van der Waals surface area contributed by atoms with Crippen molar-refractivity contribution in [2.24, 2.45) is 0 Å². The fourth-order valence-electron chi connectivity index (χ4n) is 5.99. The van der Waals surface area contributed by atoms with Gasteiger partial charge in [0.15, 0.2) is 0 Å². The van der Waals surface area contributed by atoms with E-state index in [4.69, 9.17) is 18.9 Å². The minimum atomic E-state index is -0.425. The number of carbonyl (C=O) groups excluding carboxylic acids is 1. The average molecular weight is 543 g/mol. The normalized spacial score (nSPS) is 16.3. The van der Waals surface area contributed by atoms with Crippen LogP contribution in [0.2, 0.25) is 0 Å². The molecule has 5 heteroatoms. The molecule has 2 fully saturated rings. The Morgan fingerprint density at radius 3 is 1.57 bits per heavy atom. The van der Waals surface area contributed by atoms with Gasteiger partial charge in [-0.2, -0.15) is 0 Å². The van der Waals surface area contributed by atoms with E-state index in [0.717, 1.165) is 11.5 Å². The van der Waals surface area contributed by atoms with Gasteiger partial charge in [-0.25, -0.2) is 4.79 Å². The van der Waals surface area contributed by atoms with Crippen LogP contribution in [0.15, 0.2) is 72.8 Å².